The molecule has 3 rings (SSSR count). The molecule has 1 aromatic carbocycles. The quantitative estimate of drug-likeness (QED) is 0.294. The van der Waals surface area contributed by atoms with Crippen molar-refractivity contribution >= 4 is 39.4 Å². The second kappa shape index (κ2) is 10.8. The molecule has 0 aliphatic carbocycles. The van der Waals surface area contributed by atoms with Crippen LogP contribution in [0.15, 0.2) is 23.1 Å². The van der Waals surface area contributed by atoms with Gasteiger partial charge in [0, 0.05) is 37.1 Å². The number of nitrogens with zero attached hydrogens (tertiary/aromatic N) is 1. The minimum atomic E-state index is -3.69. The Hall–Kier alpha value is -3.28. The number of carbonyl (C=O) groups excluding carboxylic acids is 4. The molecule has 184 valence electrons. The predicted molar refractivity (Wildman–Crippen MR) is 118 cm³/mol. The summed E-state index contributed by atoms with van der Waals surface area (Å²) in [4.78, 5) is 59.8. The summed E-state index contributed by atoms with van der Waals surface area (Å²) in [5.74, 6) is -2.93. The highest BCUT2D eigenvalue weighted by Crippen LogP contribution is 2.32. The number of aliphatic carboxylic acids is 1. The number of amides is 4. The average Bonchev–Trinajstić information content (AvgIpc) is 3.11. The lowest BCUT2D eigenvalue weighted by Gasteiger charge is -2.29. The summed E-state index contributed by atoms with van der Waals surface area (Å²) in [7, 11) is -3.69. The fourth-order valence-electron chi connectivity index (χ4n) is 4.09. The summed E-state index contributed by atoms with van der Waals surface area (Å²) in [6.07, 6.45) is 1.40. The molecule has 2 aliphatic rings. The van der Waals surface area contributed by atoms with Crippen molar-refractivity contribution in [3.63, 3.8) is 0 Å². The Morgan fingerprint density at radius 3 is 2.59 bits per heavy atom. The second-order valence-electron chi connectivity index (χ2n) is 8.31. The van der Waals surface area contributed by atoms with Crippen molar-refractivity contribution in [3.05, 3.63) is 29.3 Å². The number of carbonyl (C=O) groups is 5. The van der Waals surface area contributed by atoms with Crippen molar-refractivity contribution in [2.75, 3.05) is 12.3 Å². The zero-order chi connectivity index (χ0) is 24.9. The molecule has 2 heterocycles. The van der Waals surface area contributed by atoms with Gasteiger partial charge in [0.25, 0.3) is 5.91 Å². The van der Waals surface area contributed by atoms with Gasteiger partial charge in [-0.25, -0.2) is 8.42 Å². The van der Waals surface area contributed by atoms with Gasteiger partial charge in [-0.1, -0.05) is 12.5 Å². The van der Waals surface area contributed by atoms with E-state index >= 15 is 0 Å². The number of benzene rings is 1. The number of rotatable bonds is 11. The van der Waals surface area contributed by atoms with Crippen molar-refractivity contribution in [3.8, 4) is 0 Å². The third kappa shape index (κ3) is 5.99. The average molecular weight is 494 g/mol. The van der Waals surface area contributed by atoms with E-state index in [1.165, 1.54) is 23.1 Å². The van der Waals surface area contributed by atoms with Gasteiger partial charge in [-0.15, -0.1) is 0 Å². The number of fused-ring (bicyclic) bond motifs is 1. The molecular formula is C22H27N3O8S. The maximum atomic E-state index is 13.0. The molecule has 1 unspecified atom stereocenters. The van der Waals surface area contributed by atoms with E-state index < -0.39 is 39.6 Å². The van der Waals surface area contributed by atoms with Crippen LogP contribution in [0.1, 0.15) is 60.9 Å². The molecule has 34 heavy (non-hydrogen) atoms. The van der Waals surface area contributed by atoms with Gasteiger partial charge < -0.3 is 15.3 Å². The van der Waals surface area contributed by atoms with Gasteiger partial charge in [-0.3, -0.25) is 29.3 Å². The summed E-state index contributed by atoms with van der Waals surface area (Å²) < 4.78 is 26.0. The van der Waals surface area contributed by atoms with Gasteiger partial charge >= 0.3 is 5.97 Å². The number of carboxylic acid groups (broad SMARTS) is 1. The van der Waals surface area contributed by atoms with E-state index in [1.54, 1.807) is 0 Å². The van der Waals surface area contributed by atoms with E-state index in [0.29, 0.717) is 31.4 Å². The standard InChI is InChI=1S/C22H27N3O8S/c26-18(9-10-20(28)29)23-11-2-1-3-12-34(32,33)17-6-4-5-14-15(17)13-25(22(14)31)16-7-8-19(27)24-21(16)30/h4-6,16H,1-3,7-13H2,(H,23,26)(H,28,29)(H,24,27,30). The van der Waals surface area contributed by atoms with Gasteiger partial charge in [0.2, 0.25) is 17.7 Å². The van der Waals surface area contributed by atoms with E-state index in [4.69, 9.17) is 5.11 Å². The fourth-order valence-corrected chi connectivity index (χ4v) is 5.73. The van der Waals surface area contributed by atoms with E-state index in [9.17, 15) is 32.4 Å². The summed E-state index contributed by atoms with van der Waals surface area (Å²) in [6.45, 7) is 0.312. The highest BCUT2D eigenvalue weighted by Gasteiger charge is 2.40. The summed E-state index contributed by atoms with van der Waals surface area (Å²) in [5.41, 5.74) is 0.609. The van der Waals surface area contributed by atoms with Crippen LogP contribution in [-0.2, 0) is 35.6 Å². The SMILES string of the molecule is O=C(O)CCC(=O)NCCCCCS(=O)(=O)c1cccc2c1CN(C1CCC(=O)NC1=O)C2=O. The van der Waals surface area contributed by atoms with Crippen LogP contribution < -0.4 is 10.6 Å². The second-order valence-corrected chi connectivity index (χ2v) is 10.4. The van der Waals surface area contributed by atoms with Gasteiger partial charge in [0.1, 0.15) is 6.04 Å². The first-order chi connectivity index (χ1) is 16.1. The summed E-state index contributed by atoms with van der Waals surface area (Å²) >= 11 is 0. The minimum absolute atomic E-state index is 0.0157. The van der Waals surface area contributed by atoms with Gasteiger partial charge in [0.05, 0.1) is 17.1 Å². The number of sulfone groups is 1. The fraction of sp³-hybridized carbons (Fsp3) is 0.500. The van der Waals surface area contributed by atoms with Gasteiger partial charge in [0.15, 0.2) is 9.84 Å². The zero-order valence-electron chi connectivity index (χ0n) is 18.5. The maximum absolute atomic E-state index is 13.0. The molecule has 0 radical (unpaired) electrons. The lowest BCUT2D eigenvalue weighted by atomic mass is 10.0. The third-order valence-corrected chi connectivity index (χ3v) is 7.73. The van der Waals surface area contributed by atoms with Crippen molar-refractivity contribution < 1.29 is 37.5 Å². The highest BCUT2D eigenvalue weighted by atomic mass is 32.2. The number of piperidine rings is 1. The van der Waals surface area contributed by atoms with E-state index in [2.05, 4.69) is 10.6 Å². The topological polar surface area (TPSA) is 167 Å². The van der Waals surface area contributed by atoms with Crippen LogP contribution >= 0.6 is 0 Å². The van der Waals surface area contributed by atoms with E-state index in [0.717, 1.165) is 0 Å². The molecule has 1 fully saturated rings. The highest BCUT2D eigenvalue weighted by molar-refractivity contribution is 7.91. The first-order valence-electron chi connectivity index (χ1n) is 11.1. The molecule has 1 atom stereocenters. The van der Waals surface area contributed by atoms with Gasteiger partial charge in [-0.2, -0.15) is 0 Å². The summed E-state index contributed by atoms with van der Waals surface area (Å²) in [6, 6.07) is 3.68. The molecule has 4 amide bonds. The van der Waals surface area contributed by atoms with Crippen molar-refractivity contribution in [1.29, 1.82) is 0 Å². The number of nitrogens with one attached hydrogen (secondary N) is 2. The number of carboxylic acids is 1. The lowest BCUT2D eigenvalue weighted by molar-refractivity contribution is -0.139. The first-order valence-corrected chi connectivity index (χ1v) is 12.7. The molecule has 12 heteroatoms. The zero-order valence-corrected chi connectivity index (χ0v) is 19.4. The van der Waals surface area contributed by atoms with Crippen molar-refractivity contribution in [2.45, 2.75) is 62.4 Å². The Morgan fingerprint density at radius 2 is 1.88 bits per heavy atom. The van der Waals surface area contributed by atoms with Crippen LogP contribution in [0, 0.1) is 0 Å². The van der Waals surface area contributed by atoms with Crippen LogP contribution in [0.4, 0.5) is 0 Å². The Morgan fingerprint density at radius 1 is 1.12 bits per heavy atom. The number of unbranched alkanes of at least 4 members (excludes halogenated alkanes) is 2. The van der Waals surface area contributed by atoms with Crippen LogP contribution in [-0.4, -0.2) is 66.4 Å². The Labute approximate surface area is 196 Å². The minimum Gasteiger partial charge on any atom is -0.481 e. The molecule has 0 spiro atoms. The molecule has 11 nitrogen and oxygen atoms in total. The van der Waals surface area contributed by atoms with Crippen LogP contribution in [0.3, 0.4) is 0 Å². The Bertz CT molecular complexity index is 1120. The predicted octanol–water partition coefficient (Wildman–Crippen LogP) is 0.373. The molecule has 3 N–H and O–H groups in total. The first kappa shape index (κ1) is 25.3. The molecule has 1 aromatic rings. The Kier molecular flexibility index (Phi) is 8.02. The third-order valence-electron chi connectivity index (χ3n) is 5.85. The van der Waals surface area contributed by atoms with Crippen LogP contribution in [0.2, 0.25) is 0 Å². The number of hydrogen-bond acceptors (Lipinski definition) is 7. The van der Waals surface area contributed by atoms with Crippen LogP contribution in [0.25, 0.3) is 0 Å². The number of imide groups is 1. The van der Waals surface area contributed by atoms with Gasteiger partial charge in [-0.05, 0) is 31.4 Å². The molecular weight excluding hydrogens is 466 g/mol. The monoisotopic (exact) mass is 493 g/mol. The molecule has 2 aliphatic heterocycles. The summed E-state index contributed by atoms with van der Waals surface area (Å²) in [5, 5.41) is 13.4. The van der Waals surface area contributed by atoms with Crippen molar-refractivity contribution in [1.82, 2.24) is 15.5 Å². The van der Waals surface area contributed by atoms with E-state index in [-0.39, 0.29) is 54.3 Å². The number of hydrogen-bond donors (Lipinski definition) is 3. The largest absolute Gasteiger partial charge is 0.481 e. The normalized spacial score (nSPS) is 17.9. The van der Waals surface area contributed by atoms with Crippen molar-refractivity contribution in [2.24, 2.45) is 0 Å². The maximum Gasteiger partial charge on any atom is 0.303 e. The lowest BCUT2D eigenvalue weighted by Crippen LogP contribution is -2.52. The van der Waals surface area contributed by atoms with E-state index in [1.807, 2.05) is 0 Å². The Balaban J connectivity index is 1.56. The van der Waals surface area contributed by atoms with Crippen LogP contribution in [0.5, 0.6) is 0 Å². The molecule has 1 saturated heterocycles. The smallest absolute Gasteiger partial charge is 0.303 e. The molecule has 0 bridgehead atoms. The molecule has 0 saturated carbocycles. The molecule has 0 aromatic heterocycles.